The first-order valence-electron chi connectivity index (χ1n) is 6.85. The summed E-state index contributed by atoms with van der Waals surface area (Å²) >= 11 is 0. The van der Waals surface area contributed by atoms with Gasteiger partial charge in [-0.3, -0.25) is 4.79 Å². The van der Waals surface area contributed by atoms with Crippen molar-refractivity contribution in [2.24, 2.45) is 0 Å². The lowest BCUT2D eigenvalue weighted by atomic mass is 10.2. The van der Waals surface area contributed by atoms with Crippen molar-refractivity contribution in [2.75, 3.05) is 20.3 Å². The quantitative estimate of drug-likeness (QED) is 0.821. The number of amides is 1. The topological polar surface area (TPSA) is 56.1 Å². The zero-order valence-corrected chi connectivity index (χ0v) is 12.2. The summed E-state index contributed by atoms with van der Waals surface area (Å²) in [4.78, 5) is 16.7. The molecule has 0 saturated carbocycles. The lowest BCUT2D eigenvalue weighted by molar-refractivity contribution is -0.123. The van der Waals surface area contributed by atoms with Crippen LogP contribution in [0.3, 0.4) is 0 Å². The summed E-state index contributed by atoms with van der Waals surface area (Å²) in [6.07, 6.45) is 0.818. The van der Waals surface area contributed by atoms with Crippen LogP contribution < -0.4 is 5.32 Å². The van der Waals surface area contributed by atoms with Crippen LogP contribution in [0.2, 0.25) is 0 Å². The zero-order chi connectivity index (χ0) is 14.5. The molecule has 1 amide bonds. The first-order valence-corrected chi connectivity index (χ1v) is 6.85. The predicted octanol–water partition coefficient (Wildman–Crippen LogP) is 2.06. The molecule has 1 atom stereocenters. The van der Waals surface area contributed by atoms with E-state index in [0.717, 1.165) is 23.3 Å². The number of nitrogens with one attached hydrogen (secondary N) is 1. The molecule has 5 heteroatoms. The zero-order valence-electron chi connectivity index (χ0n) is 12.2. The first kappa shape index (κ1) is 14.5. The highest BCUT2D eigenvalue weighted by molar-refractivity contribution is 5.84. The van der Waals surface area contributed by atoms with Crippen LogP contribution in [0, 0.1) is 6.92 Å². The van der Waals surface area contributed by atoms with Gasteiger partial charge in [-0.1, -0.05) is 12.1 Å². The van der Waals surface area contributed by atoms with Crippen molar-refractivity contribution in [1.82, 2.24) is 14.9 Å². The van der Waals surface area contributed by atoms with Crippen molar-refractivity contribution in [1.29, 1.82) is 0 Å². The lowest BCUT2D eigenvalue weighted by Crippen LogP contribution is -2.32. The third-order valence-electron chi connectivity index (χ3n) is 3.36. The third kappa shape index (κ3) is 2.99. The van der Waals surface area contributed by atoms with Gasteiger partial charge in [0.05, 0.1) is 11.0 Å². The van der Waals surface area contributed by atoms with Gasteiger partial charge in [-0.05, 0) is 32.4 Å². The molecule has 2 aromatic rings. The largest absolute Gasteiger partial charge is 0.385 e. The first-order chi connectivity index (χ1) is 9.65. The molecule has 0 aliphatic rings. The Labute approximate surface area is 118 Å². The Hall–Kier alpha value is -1.88. The summed E-state index contributed by atoms with van der Waals surface area (Å²) in [7, 11) is 1.66. The summed E-state index contributed by atoms with van der Waals surface area (Å²) in [5.41, 5.74) is 1.91. The van der Waals surface area contributed by atoms with E-state index in [2.05, 4.69) is 10.3 Å². The lowest BCUT2D eigenvalue weighted by Gasteiger charge is -2.16. The average Bonchev–Trinajstić information content (AvgIpc) is 2.78. The van der Waals surface area contributed by atoms with Crippen molar-refractivity contribution < 1.29 is 9.53 Å². The van der Waals surface area contributed by atoms with E-state index in [-0.39, 0.29) is 11.9 Å². The molecule has 0 aliphatic heterocycles. The van der Waals surface area contributed by atoms with E-state index in [1.165, 1.54) is 0 Å². The van der Waals surface area contributed by atoms with Gasteiger partial charge in [0.1, 0.15) is 11.9 Å². The van der Waals surface area contributed by atoms with Crippen molar-refractivity contribution in [3.8, 4) is 0 Å². The fourth-order valence-electron chi connectivity index (χ4n) is 2.35. The molecule has 1 unspecified atom stereocenters. The van der Waals surface area contributed by atoms with Gasteiger partial charge >= 0.3 is 0 Å². The minimum atomic E-state index is -0.273. The second kappa shape index (κ2) is 6.52. The maximum atomic E-state index is 12.2. The smallest absolute Gasteiger partial charge is 0.242 e. The summed E-state index contributed by atoms with van der Waals surface area (Å²) in [6, 6.07) is 7.59. The number of para-hydroxylation sites is 2. The van der Waals surface area contributed by atoms with Gasteiger partial charge < -0.3 is 14.6 Å². The SMILES string of the molecule is COCCCNC(=O)C(C)n1c(C)nc2ccccc21. The van der Waals surface area contributed by atoms with Gasteiger partial charge in [-0.15, -0.1) is 0 Å². The number of ether oxygens (including phenoxy) is 1. The Morgan fingerprint density at radius 3 is 2.95 bits per heavy atom. The van der Waals surface area contributed by atoms with Crippen LogP contribution in [0.5, 0.6) is 0 Å². The minimum absolute atomic E-state index is 0.00681. The molecule has 0 spiro atoms. The highest BCUT2D eigenvalue weighted by atomic mass is 16.5. The number of rotatable bonds is 6. The van der Waals surface area contributed by atoms with Crippen LogP contribution in [0.15, 0.2) is 24.3 Å². The number of benzene rings is 1. The minimum Gasteiger partial charge on any atom is -0.385 e. The van der Waals surface area contributed by atoms with Gasteiger partial charge in [0, 0.05) is 20.3 Å². The van der Waals surface area contributed by atoms with Gasteiger partial charge in [-0.25, -0.2) is 4.98 Å². The van der Waals surface area contributed by atoms with Gasteiger partial charge in [0.15, 0.2) is 0 Å². The highest BCUT2D eigenvalue weighted by Crippen LogP contribution is 2.20. The molecule has 0 fully saturated rings. The van der Waals surface area contributed by atoms with Crippen molar-refractivity contribution in [2.45, 2.75) is 26.3 Å². The summed E-state index contributed by atoms with van der Waals surface area (Å²) in [5.74, 6) is 0.859. The molecule has 1 aromatic carbocycles. The number of methoxy groups -OCH3 is 1. The molecule has 108 valence electrons. The monoisotopic (exact) mass is 275 g/mol. The van der Waals surface area contributed by atoms with Crippen molar-refractivity contribution >= 4 is 16.9 Å². The number of imidazole rings is 1. The molecule has 2 rings (SSSR count). The van der Waals surface area contributed by atoms with E-state index >= 15 is 0 Å². The molecule has 1 N–H and O–H groups in total. The standard InChI is InChI=1S/C15H21N3O2/c1-11(15(19)16-9-6-10-20-3)18-12(2)17-13-7-4-5-8-14(13)18/h4-5,7-8,11H,6,9-10H2,1-3H3,(H,16,19). The third-order valence-corrected chi connectivity index (χ3v) is 3.36. The number of hydrogen-bond donors (Lipinski definition) is 1. The van der Waals surface area contributed by atoms with Crippen LogP contribution in [-0.2, 0) is 9.53 Å². The highest BCUT2D eigenvalue weighted by Gasteiger charge is 2.19. The number of carbonyl (C=O) groups is 1. The summed E-state index contributed by atoms with van der Waals surface area (Å²) in [6.45, 7) is 5.10. The van der Waals surface area contributed by atoms with Crippen LogP contribution >= 0.6 is 0 Å². The number of hydrogen-bond acceptors (Lipinski definition) is 3. The van der Waals surface area contributed by atoms with Crippen LogP contribution in [0.25, 0.3) is 11.0 Å². The van der Waals surface area contributed by atoms with Crippen molar-refractivity contribution in [3.05, 3.63) is 30.1 Å². The van der Waals surface area contributed by atoms with E-state index in [1.54, 1.807) is 7.11 Å². The summed E-state index contributed by atoms with van der Waals surface area (Å²) in [5, 5.41) is 2.93. The molecule has 0 radical (unpaired) electrons. The molecule has 1 heterocycles. The molecule has 0 aliphatic carbocycles. The number of aromatic nitrogens is 2. The predicted molar refractivity (Wildman–Crippen MR) is 78.7 cm³/mol. The van der Waals surface area contributed by atoms with Gasteiger partial charge in [-0.2, -0.15) is 0 Å². The van der Waals surface area contributed by atoms with E-state index in [9.17, 15) is 4.79 Å². The number of fused-ring (bicyclic) bond motifs is 1. The second-order valence-corrected chi connectivity index (χ2v) is 4.83. The molecule has 0 bridgehead atoms. The van der Waals surface area contributed by atoms with Gasteiger partial charge in [0.25, 0.3) is 0 Å². The molecular formula is C15H21N3O2. The molecular weight excluding hydrogens is 254 g/mol. The van der Waals surface area contributed by atoms with E-state index < -0.39 is 0 Å². The maximum Gasteiger partial charge on any atom is 0.242 e. The van der Waals surface area contributed by atoms with Crippen LogP contribution in [-0.4, -0.2) is 35.7 Å². The Balaban J connectivity index is 2.12. The fraction of sp³-hybridized carbons (Fsp3) is 0.467. The van der Waals surface area contributed by atoms with Crippen LogP contribution in [0.1, 0.15) is 25.2 Å². The Bertz CT molecular complexity index is 592. The molecule has 20 heavy (non-hydrogen) atoms. The van der Waals surface area contributed by atoms with Crippen molar-refractivity contribution in [3.63, 3.8) is 0 Å². The Morgan fingerprint density at radius 1 is 1.45 bits per heavy atom. The fourth-order valence-corrected chi connectivity index (χ4v) is 2.35. The second-order valence-electron chi connectivity index (χ2n) is 4.83. The molecule has 5 nitrogen and oxygen atoms in total. The average molecular weight is 275 g/mol. The summed E-state index contributed by atoms with van der Waals surface area (Å²) < 4.78 is 6.94. The number of nitrogens with zero attached hydrogens (tertiary/aromatic N) is 2. The van der Waals surface area contributed by atoms with Crippen LogP contribution in [0.4, 0.5) is 0 Å². The Kier molecular flexibility index (Phi) is 4.74. The molecule has 0 saturated heterocycles. The van der Waals surface area contributed by atoms with E-state index in [1.807, 2.05) is 42.7 Å². The molecule has 1 aromatic heterocycles. The maximum absolute atomic E-state index is 12.2. The number of aryl methyl sites for hydroxylation is 1. The number of carbonyl (C=O) groups excluding carboxylic acids is 1. The van der Waals surface area contributed by atoms with E-state index in [0.29, 0.717) is 13.2 Å². The Morgan fingerprint density at radius 2 is 2.20 bits per heavy atom. The van der Waals surface area contributed by atoms with Gasteiger partial charge in [0.2, 0.25) is 5.91 Å². The normalized spacial score (nSPS) is 12.6. The van der Waals surface area contributed by atoms with E-state index in [4.69, 9.17) is 4.74 Å².